The summed E-state index contributed by atoms with van der Waals surface area (Å²) in [5.74, 6) is -0.612. The van der Waals surface area contributed by atoms with Crippen molar-refractivity contribution in [3.8, 4) is 22.3 Å². The van der Waals surface area contributed by atoms with Gasteiger partial charge in [-0.05, 0) is 78.8 Å². The van der Waals surface area contributed by atoms with Crippen molar-refractivity contribution in [1.29, 1.82) is 0 Å². The van der Waals surface area contributed by atoms with Crippen molar-refractivity contribution in [3.05, 3.63) is 120 Å². The van der Waals surface area contributed by atoms with Gasteiger partial charge in [-0.1, -0.05) is 105 Å². The first-order valence-corrected chi connectivity index (χ1v) is 14.2. The van der Waals surface area contributed by atoms with Crippen LogP contribution in [0.2, 0.25) is 0 Å². The summed E-state index contributed by atoms with van der Waals surface area (Å²) in [4.78, 5) is 25.1. The average Bonchev–Trinajstić information content (AvgIpc) is 3.00. The van der Waals surface area contributed by atoms with Crippen molar-refractivity contribution >= 4 is 11.9 Å². The maximum absolute atomic E-state index is 12.6. The molecule has 0 amide bonds. The van der Waals surface area contributed by atoms with Crippen LogP contribution in [0.5, 0.6) is 0 Å². The predicted molar refractivity (Wildman–Crippen MR) is 161 cm³/mol. The number of carbonyl (C=O) groups is 2. The molecule has 0 aliphatic rings. The van der Waals surface area contributed by atoms with Gasteiger partial charge in [-0.2, -0.15) is 0 Å². The quantitative estimate of drug-likeness (QED) is 0.134. The number of unbranched alkanes of at least 4 members (excludes halogenated alkanes) is 3. The average molecular weight is 535 g/mol. The molecule has 4 aromatic carbocycles. The zero-order valence-electron chi connectivity index (χ0n) is 23.6. The number of benzene rings is 4. The second-order valence-corrected chi connectivity index (χ2v) is 10.3. The van der Waals surface area contributed by atoms with Crippen molar-refractivity contribution in [2.45, 2.75) is 65.1 Å². The van der Waals surface area contributed by atoms with Crippen LogP contribution in [0.3, 0.4) is 0 Å². The Bertz CT molecular complexity index is 1360. The van der Waals surface area contributed by atoms with E-state index in [1.165, 1.54) is 19.3 Å². The van der Waals surface area contributed by atoms with Crippen molar-refractivity contribution in [3.63, 3.8) is 0 Å². The molecule has 0 radical (unpaired) electrons. The van der Waals surface area contributed by atoms with Gasteiger partial charge in [0.25, 0.3) is 0 Å². The monoisotopic (exact) mass is 534 g/mol. The number of rotatable bonds is 12. The van der Waals surface area contributed by atoms with Crippen LogP contribution in [-0.2, 0) is 9.47 Å². The van der Waals surface area contributed by atoms with Crippen LogP contribution in [0, 0.1) is 0 Å². The van der Waals surface area contributed by atoms with Gasteiger partial charge < -0.3 is 9.47 Å². The maximum atomic E-state index is 12.6. The lowest BCUT2D eigenvalue weighted by Gasteiger charge is -2.14. The van der Waals surface area contributed by atoms with E-state index in [0.29, 0.717) is 11.1 Å². The Morgan fingerprint density at radius 2 is 1.02 bits per heavy atom. The zero-order chi connectivity index (χ0) is 28.3. The minimum absolute atomic E-state index is 0.0749. The third-order valence-corrected chi connectivity index (χ3v) is 7.12. The summed E-state index contributed by atoms with van der Waals surface area (Å²) in [5.41, 5.74) is 6.20. The summed E-state index contributed by atoms with van der Waals surface area (Å²) in [6, 6.07) is 33.0. The second-order valence-electron chi connectivity index (χ2n) is 10.3. The van der Waals surface area contributed by atoms with Crippen LogP contribution in [0.25, 0.3) is 22.3 Å². The maximum Gasteiger partial charge on any atom is 0.338 e. The van der Waals surface area contributed by atoms with Gasteiger partial charge in [-0.15, -0.1) is 0 Å². The summed E-state index contributed by atoms with van der Waals surface area (Å²) in [7, 11) is 0. The van der Waals surface area contributed by atoms with Gasteiger partial charge in [-0.3, -0.25) is 0 Å². The lowest BCUT2D eigenvalue weighted by atomic mass is 9.99. The van der Waals surface area contributed by atoms with E-state index < -0.39 is 0 Å². The molecule has 40 heavy (non-hydrogen) atoms. The molecule has 0 fully saturated rings. The van der Waals surface area contributed by atoms with Crippen LogP contribution in [0.1, 0.15) is 85.3 Å². The minimum atomic E-state index is -0.341. The Kier molecular flexibility index (Phi) is 10.3. The molecular weight excluding hydrogens is 496 g/mol. The van der Waals surface area contributed by atoms with E-state index in [1.807, 2.05) is 80.6 Å². The normalized spacial score (nSPS) is 12.4. The van der Waals surface area contributed by atoms with Crippen molar-refractivity contribution in [1.82, 2.24) is 0 Å². The summed E-state index contributed by atoms with van der Waals surface area (Å²) in [6.07, 6.45) is 5.20. The molecular formula is C36H38O4. The first kappa shape index (κ1) is 28.8. The van der Waals surface area contributed by atoms with Crippen molar-refractivity contribution < 1.29 is 19.1 Å². The molecule has 0 saturated carbocycles. The SMILES string of the molecule is CCCCCC[C@H](C)OC(=O)c1ccc(-c2ccc(-c3ccc(C(=O)O[C@@H](C)c4ccccc4)cc3)cc2)cc1. The highest BCUT2D eigenvalue weighted by molar-refractivity contribution is 5.91. The molecule has 206 valence electrons. The van der Waals surface area contributed by atoms with Gasteiger partial charge in [0.1, 0.15) is 6.10 Å². The zero-order valence-corrected chi connectivity index (χ0v) is 23.6. The molecule has 0 spiro atoms. The molecule has 4 nitrogen and oxygen atoms in total. The molecule has 0 unspecified atom stereocenters. The van der Waals surface area contributed by atoms with Crippen LogP contribution in [0.15, 0.2) is 103 Å². The standard InChI is InChI=1S/C36H38O4/c1-4-5-6-8-11-26(2)39-35(37)33-22-18-31(19-23-33)29-14-16-30(17-15-29)32-20-24-34(25-21-32)36(38)40-27(3)28-12-9-7-10-13-28/h7,9-10,12-27H,4-6,8,11H2,1-3H3/t26-,27-/m0/s1. The number of hydrogen-bond acceptors (Lipinski definition) is 4. The van der Waals surface area contributed by atoms with E-state index in [0.717, 1.165) is 40.7 Å². The van der Waals surface area contributed by atoms with E-state index in [2.05, 4.69) is 31.2 Å². The minimum Gasteiger partial charge on any atom is -0.459 e. The molecule has 0 N–H and O–H groups in total. The lowest BCUT2D eigenvalue weighted by Crippen LogP contribution is -2.15. The predicted octanol–water partition coefficient (Wildman–Crippen LogP) is 9.45. The Labute approximate surface area is 238 Å². The Morgan fingerprint density at radius 3 is 1.50 bits per heavy atom. The van der Waals surface area contributed by atoms with Gasteiger partial charge in [-0.25, -0.2) is 9.59 Å². The highest BCUT2D eigenvalue weighted by Crippen LogP contribution is 2.26. The van der Waals surface area contributed by atoms with E-state index in [4.69, 9.17) is 9.47 Å². The van der Waals surface area contributed by atoms with Crippen LogP contribution < -0.4 is 0 Å². The van der Waals surface area contributed by atoms with E-state index in [-0.39, 0.29) is 24.1 Å². The van der Waals surface area contributed by atoms with E-state index >= 15 is 0 Å². The summed E-state index contributed by atoms with van der Waals surface area (Å²) in [5, 5.41) is 0. The van der Waals surface area contributed by atoms with Gasteiger partial charge >= 0.3 is 11.9 Å². The summed E-state index contributed by atoms with van der Waals surface area (Å²) < 4.78 is 11.3. The number of hydrogen-bond donors (Lipinski definition) is 0. The fraction of sp³-hybridized carbons (Fsp3) is 0.278. The molecule has 0 aliphatic heterocycles. The van der Waals surface area contributed by atoms with Crippen LogP contribution in [0.4, 0.5) is 0 Å². The molecule has 0 bridgehead atoms. The first-order chi connectivity index (χ1) is 19.4. The third-order valence-electron chi connectivity index (χ3n) is 7.12. The van der Waals surface area contributed by atoms with Gasteiger partial charge in [0.15, 0.2) is 0 Å². The molecule has 0 aromatic heterocycles. The fourth-order valence-electron chi connectivity index (χ4n) is 4.64. The fourth-order valence-corrected chi connectivity index (χ4v) is 4.64. The molecule has 0 aliphatic carbocycles. The molecule has 4 aromatic rings. The number of esters is 2. The summed E-state index contributed by atoms with van der Waals surface area (Å²) >= 11 is 0. The van der Waals surface area contributed by atoms with Gasteiger partial charge in [0.2, 0.25) is 0 Å². The largest absolute Gasteiger partial charge is 0.459 e. The van der Waals surface area contributed by atoms with E-state index in [9.17, 15) is 9.59 Å². The van der Waals surface area contributed by atoms with E-state index in [1.54, 1.807) is 12.1 Å². The smallest absolute Gasteiger partial charge is 0.338 e. The number of carbonyl (C=O) groups excluding carboxylic acids is 2. The highest BCUT2D eigenvalue weighted by Gasteiger charge is 2.14. The second kappa shape index (κ2) is 14.3. The van der Waals surface area contributed by atoms with Gasteiger partial charge in [0, 0.05) is 0 Å². The highest BCUT2D eigenvalue weighted by atomic mass is 16.5. The first-order valence-electron chi connectivity index (χ1n) is 14.2. The third kappa shape index (κ3) is 7.92. The van der Waals surface area contributed by atoms with Crippen LogP contribution in [-0.4, -0.2) is 18.0 Å². The summed E-state index contributed by atoms with van der Waals surface area (Å²) in [6.45, 7) is 6.03. The molecule has 2 atom stereocenters. The van der Waals surface area contributed by atoms with Crippen molar-refractivity contribution in [2.24, 2.45) is 0 Å². The number of ether oxygens (including phenoxy) is 2. The molecule has 0 heterocycles. The Morgan fingerprint density at radius 1 is 0.575 bits per heavy atom. The topological polar surface area (TPSA) is 52.6 Å². The molecule has 4 rings (SSSR count). The van der Waals surface area contributed by atoms with Crippen molar-refractivity contribution in [2.75, 3.05) is 0 Å². The molecule has 4 heteroatoms. The van der Waals surface area contributed by atoms with Gasteiger partial charge in [0.05, 0.1) is 17.2 Å². The molecule has 0 saturated heterocycles. The Balaban J connectivity index is 1.33. The lowest BCUT2D eigenvalue weighted by molar-refractivity contribution is 0.0315. The Hall–Kier alpha value is -4.18. The van der Waals surface area contributed by atoms with Crippen LogP contribution >= 0.6 is 0 Å².